The van der Waals surface area contributed by atoms with Gasteiger partial charge in [0.15, 0.2) is 6.10 Å². The minimum absolute atomic E-state index is 0.179. The Morgan fingerprint density at radius 3 is 1.06 bits per heavy atom. The van der Waals surface area contributed by atoms with E-state index in [1.54, 1.807) is 0 Å². The molecule has 0 spiro atoms. The van der Waals surface area contributed by atoms with E-state index >= 15 is 0 Å². The molecule has 0 saturated carbocycles. The molecule has 0 fully saturated rings. The number of hydrogen-bond acceptors (Lipinski definition) is 7. The number of rotatable bonds is 64. The van der Waals surface area contributed by atoms with Gasteiger partial charge in [-0.05, 0) is 77.0 Å². The molecule has 2 unspecified atom stereocenters. The number of carbonyl (C=O) groups is 3. The van der Waals surface area contributed by atoms with E-state index in [9.17, 15) is 19.5 Å². The highest BCUT2D eigenvalue weighted by atomic mass is 16.7. The largest absolute Gasteiger partial charge is 0.477 e. The van der Waals surface area contributed by atoms with Crippen molar-refractivity contribution in [2.75, 3.05) is 47.5 Å². The Balaban J connectivity index is 4.10. The van der Waals surface area contributed by atoms with Gasteiger partial charge < -0.3 is 28.5 Å². The predicted octanol–water partition coefficient (Wildman–Crippen LogP) is 21.1. The highest BCUT2D eigenvalue weighted by Gasteiger charge is 2.25. The first-order valence-electron chi connectivity index (χ1n) is 34.5. The van der Waals surface area contributed by atoms with Crippen LogP contribution in [0.5, 0.6) is 0 Å². The molecule has 9 heteroatoms. The lowest BCUT2D eigenvalue weighted by Crippen LogP contribution is -2.40. The molecule has 1 N–H and O–H groups in total. The van der Waals surface area contributed by atoms with Crippen molar-refractivity contribution in [3.05, 3.63) is 60.8 Å². The Kier molecular flexibility index (Phi) is 60.7. The van der Waals surface area contributed by atoms with Gasteiger partial charge in [-0.15, -0.1) is 0 Å². The lowest BCUT2D eigenvalue weighted by atomic mass is 10.0. The van der Waals surface area contributed by atoms with Crippen molar-refractivity contribution in [2.45, 2.75) is 334 Å². The Labute approximate surface area is 501 Å². The van der Waals surface area contributed by atoms with Crippen LogP contribution in [0.25, 0.3) is 0 Å². The third kappa shape index (κ3) is 64.4. The van der Waals surface area contributed by atoms with E-state index in [2.05, 4.69) is 74.6 Å². The van der Waals surface area contributed by atoms with Crippen molar-refractivity contribution < 1.29 is 42.9 Å². The summed E-state index contributed by atoms with van der Waals surface area (Å²) in [5.74, 6) is -1.99. The smallest absolute Gasteiger partial charge is 0.361 e. The summed E-state index contributed by atoms with van der Waals surface area (Å²) >= 11 is 0. The second-order valence-electron chi connectivity index (χ2n) is 24.5. The zero-order chi connectivity index (χ0) is 59.1. The highest BCUT2D eigenvalue weighted by Crippen LogP contribution is 2.18. The molecule has 2 atom stereocenters. The summed E-state index contributed by atoms with van der Waals surface area (Å²) in [6.45, 7) is 4.82. The standard InChI is InChI=1S/C72H131NO8/c1-6-8-10-12-14-16-18-20-22-24-26-28-30-32-34-35-37-39-41-43-45-47-49-51-53-55-57-59-61-63-70(75)81-68(67-80-72(71(76)77)78-65-64-73(3,4)5)66-79-69(74)62-60-58-56-54-52-50-48-46-44-42-40-38-36-33-31-29-27-25-23-21-19-17-15-13-11-9-7-2/h8,10,14,16,20,22,25-28,68,72H,6-7,9,11-13,15,17-19,21,23-24,29-67H2,1-5H3/p+1/b10-8-,16-14-,22-20-,27-25-,28-26-. The van der Waals surface area contributed by atoms with Gasteiger partial charge in [0, 0.05) is 12.8 Å². The Morgan fingerprint density at radius 2 is 0.704 bits per heavy atom. The van der Waals surface area contributed by atoms with Crippen molar-refractivity contribution in [1.82, 2.24) is 0 Å². The average Bonchev–Trinajstić information content (AvgIpc) is 3.44. The minimum atomic E-state index is -1.51. The van der Waals surface area contributed by atoms with Crippen LogP contribution in [0.3, 0.4) is 0 Å². The maximum Gasteiger partial charge on any atom is 0.361 e. The molecule has 0 bridgehead atoms. The maximum absolute atomic E-state index is 12.9. The molecule has 0 radical (unpaired) electrons. The fourth-order valence-corrected chi connectivity index (χ4v) is 10.0. The number of esters is 2. The number of hydrogen-bond donors (Lipinski definition) is 1. The van der Waals surface area contributed by atoms with Gasteiger partial charge in [0.1, 0.15) is 13.2 Å². The first-order chi connectivity index (χ1) is 39.6. The monoisotopic (exact) mass is 1140 g/mol. The molecule has 0 heterocycles. The van der Waals surface area contributed by atoms with Crippen molar-refractivity contribution >= 4 is 17.9 Å². The molecule has 472 valence electrons. The van der Waals surface area contributed by atoms with Crippen LogP contribution < -0.4 is 0 Å². The van der Waals surface area contributed by atoms with E-state index < -0.39 is 18.4 Å². The fourth-order valence-electron chi connectivity index (χ4n) is 10.0. The number of nitrogens with zero attached hydrogens (tertiary/aromatic N) is 1. The molecule has 9 nitrogen and oxygen atoms in total. The minimum Gasteiger partial charge on any atom is -0.477 e. The van der Waals surface area contributed by atoms with Crippen molar-refractivity contribution in [2.24, 2.45) is 0 Å². The summed E-state index contributed by atoms with van der Waals surface area (Å²) in [5.41, 5.74) is 0. The van der Waals surface area contributed by atoms with Gasteiger partial charge in [-0.2, -0.15) is 0 Å². The van der Waals surface area contributed by atoms with Gasteiger partial charge in [0.25, 0.3) is 6.29 Å². The van der Waals surface area contributed by atoms with Gasteiger partial charge in [-0.1, -0.05) is 293 Å². The molecule has 0 aliphatic rings. The number of unbranched alkanes of at least 4 members (excludes halogenated alkanes) is 39. The van der Waals surface area contributed by atoms with Gasteiger partial charge in [-0.3, -0.25) is 9.59 Å². The highest BCUT2D eigenvalue weighted by molar-refractivity contribution is 5.71. The molecule has 0 aliphatic heterocycles. The maximum atomic E-state index is 12.9. The number of carbonyl (C=O) groups excluding carboxylic acids is 2. The summed E-state index contributed by atoms with van der Waals surface area (Å²) in [4.78, 5) is 37.6. The zero-order valence-electron chi connectivity index (χ0n) is 53.9. The van der Waals surface area contributed by atoms with Crippen molar-refractivity contribution in [3.8, 4) is 0 Å². The number of carboxylic acids is 1. The molecular formula is C72H132NO8+. The summed E-state index contributed by atoms with van der Waals surface area (Å²) < 4.78 is 23.0. The average molecular weight is 1140 g/mol. The lowest BCUT2D eigenvalue weighted by molar-refractivity contribution is -0.870. The van der Waals surface area contributed by atoms with Crippen molar-refractivity contribution in [1.29, 1.82) is 0 Å². The molecule has 81 heavy (non-hydrogen) atoms. The van der Waals surface area contributed by atoms with Crippen LogP contribution in [0.2, 0.25) is 0 Å². The van der Waals surface area contributed by atoms with E-state index in [1.165, 1.54) is 231 Å². The molecule has 0 aromatic heterocycles. The number of allylic oxidation sites excluding steroid dienone is 10. The van der Waals surface area contributed by atoms with Crippen LogP contribution in [0.15, 0.2) is 60.8 Å². The van der Waals surface area contributed by atoms with Crippen LogP contribution in [0, 0.1) is 0 Å². The third-order valence-electron chi connectivity index (χ3n) is 15.3. The van der Waals surface area contributed by atoms with E-state index in [0.717, 1.165) is 64.2 Å². The van der Waals surface area contributed by atoms with Gasteiger partial charge in [0.2, 0.25) is 0 Å². The molecule has 0 saturated heterocycles. The van der Waals surface area contributed by atoms with Gasteiger partial charge >= 0.3 is 17.9 Å². The van der Waals surface area contributed by atoms with Crippen LogP contribution >= 0.6 is 0 Å². The van der Waals surface area contributed by atoms with Crippen LogP contribution in [-0.2, 0) is 33.3 Å². The van der Waals surface area contributed by atoms with E-state index in [-0.39, 0.29) is 38.2 Å². The Hall–Kier alpha value is -3.01. The van der Waals surface area contributed by atoms with Crippen LogP contribution in [0.4, 0.5) is 0 Å². The number of aliphatic carboxylic acids is 1. The number of carboxylic acid groups (broad SMARTS) is 1. The third-order valence-corrected chi connectivity index (χ3v) is 15.3. The molecule has 0 aromatic carbocycles. The van der Waals surface area contributed by atoms with Gasteiger partial charge in [0.05, 0.1) is 34.4 Å². The second-order valence-corrected chi connectivity index (χ2v) is 24.5. The molecule has 0 rings (SSSR count). The second kappa shape index (κ2) is 63.0. The van der Waals surface area contributed by atoms with E-state index in [0.29, 0.717) is 17.4 Å². The van der Waals surface area contributed by atoms with Crippen LogP contribution in [-0.4, -0.2) is 87.4 Å². The topological polar surface area (TPSA) is 108 Å². The normalized spacial score (nSPS) is 13.0. The summed E-state index contributed by atoms with van der Waals surface area (Å²) in [6, 6.07) is 0. The van der Waals surface area contributed by atoms with Gasteiger partial charge in [-0.25, -0.2) is 4.79 Å². The fraction of sp³-hybridized carbons (Fsp3) is 0.819. The number of quaternary nitrogens is 1. The predicted molar refractivity (Wildman–Crippen MR) is 346 cm³/mol. The molecule has 0 amide bonds. The van der Waals surface area contributed by atoms with Crippen molar-refractivity contribution in [3.63, 3.8) is 0 Å². The quantitative estimate of drug-likeness (QED) is 0.0211. The number of likely N-dealkylation sites (N-methyl/N-ethyl adjacent to an activating group) is 1. The molecule has 0 aliphatic carbocycles. The Morgan fingerprint density at radius 1 is 0.383 bits per heavy atom. The Bertz CT molecular complexity index is 1510. The molecule has 0 aromatic rings. The SMILES string of the molecule is CC/C=C\C/C=C\C/C=C\C/C=C\CCCCCCCCCCCCCCCCCCC(=O)OC(COC(=O)CCCCCCCCCCCCCCCCC/C=C\CCCCCCCCCC)COC(OCC[N+](C)(C)C)C(=O)O. The van der Waals surface area contributed by atoms with E-state index in [1.807, 2.05) is 21.1 Å². The summed E-state index contributed by atoms with van der Waals surface area (Å²) in [7, 11) is 5.98. The first-order valence-corrected chi connectivity index (χ1v) is 34.5. The molecular weight excluding hydrogens is 1010 g/mol. The van der Waals surface area contributed by atoms with E-state index in [4.69, 9.17) is 18.9 Å². The first kappa shape index (κ1) is 78.0. The summed E-state index contributed by atoms with van der Waals surface area (Å²) in [5, 5.41) is 9.74. The lowest BCUT2D eigenvalue weighted by Gasteiger charge is -2.25. The van der Waals surface area contributed by atoms with Crippen LogP contribution in [0.1, 0.15) is 322 Å². The summed E-state index contributed by atoms with van der Waals surface area (Å²) in [6.07, 6.45) is 79.0. The number of ether oxygens (including phenoxy) is 4. The zero-order valence-corrected chi connectivity index (χ0v) is 53.9.